The number of hydrogen-bond donors (Lipinski definition) is 0. The molecule has 31 heavy (non-hydrogen) atoms. The fourth-order valence-corrected chi connectivity index (χ4v) is 6.02. The van der Waals surface area contributed by atoms with E-state index in [-0.39, 0.29) is 6.04 Å². The molecule has 0 bridgehead atoms. The molecule has 1 aromatic carbocycles. The van der Waals surface area contributed by atoms with E-state index < -0.39 is 0 Å². The zero-order valence-corrected chi connectivity index (χ0v) is 19.4. The highest BCUT2D eigenvalue weighted by atomic mass is 32.1. The van der Waals surface area contributed by atoms with Crippen LogP contribution in [-0.2, 0) is 0 Å². The van der Waals surface area contributed by atoms with Crippen LogP contribution in [0.3, 0.4) is 0 Å². The van der Waals surface area contributed by atoms with Gasteiger partial charge in [0, 0.05) is 36.7 Å². The monoisotopic (exact) mass is 436 g/mol. The zero-order valence-electron chi connectivity index (χ0n) is 18.6. The highest BCUT2D eigenvalue weighted by Gasteiger charge is 2.33. The molecule has 1 unspecified atom stereocenters. The molecule has 0 radical (unpaired) electrons. The van der Waals surface area contributed by atoms with Crippen molar-refractivity contribution in [3.63, 3.8) is 0 Å². The highest BCUT2D eigenvalue weighted by molar-refractivity contribution is 7.10. The number of rotatable bonds is 5. The van der Waals surface area contributed by atoms with Gasteiger partial charge in [0.25, 0.3) is 0 Å². The van der Waals surface area contributed by atoms with Crippen molar-refractivity contribution in [2.75, 3.05) is 31.1 Å². The maximum atomic E-state index is 4.58. The number of benzene rings is 1. The summed E-state index contributed by atoms with van der Waals surface area (Å²) in [6.07, 6.45) is 6.28. The molecule has 2 aromatic heterocycles. The second-order valence-corrected chi connectivity index (χ2v) is 9.98. The Bertz CT molecular complexity index is 983. The minimum atomic E-state index is 0.137. The summed E-state index contributed by atoms with van der Waals surface area (Å²) in [5.41, 5.74) is 4.06. The summed E-state index contributed by atoms with van der Waals surface area (Å²) in [6.45, 7) is 8.46. The molecule has 1 aliphatic carbocycles. The molecule has 1 saturated carbocycles. The first-order chi connectivity index (χ1) is 15.2. The molecule has 2 fully saturated rings. The molecule has 0 amide bonds. The van der Waals surface area contributed by atoms with Gasteiger partial charge in [-0.05, 0) is 65.8 Å². The molecule has 1 saturated heterocycles. The van der Waals surface area contributed by atoms with E-state index in [1.54, 1.807) is 0 Å². The van der Waals surface area contributed by atoms with Crippen LogP contribution in [0.25, 0.3) is 0 Å². The van der Waals surface area contributed by atoms with Gasteiger partial charge in [0.2, 0.25) is 0 Å². The average Bonchev–Trinajstić information content (AvgIpc) is 3.50. The molecular formula is C24H32N6S. The smallest absolute Gasteiger partial charge is 0.174 e. The summed E-state index contributed by atoms with van der Waals surface area (Å²) in [4.78, 5) is 6.46. The summed E-state index contributed by atoms with van der Waals surface area (Å²) in [6, 6.07) is 11.7. The average molecular weight is 437 g/mol. The first-order valence-corrected chi connectivity index (χ1v) is 12.5. The summed E-state index contributed by atoms with van der Waals surface area (Å²) >= 11 is 1.82. The van der Waals surface area contributed by atoms with Crippen LogP contribution in [0.4, 0.5) is 5.69 Å². The summed E-state index contributed by atoms with van der Waals surface area (Å²) in [5.74, 6) is 1.02. The molecular weight excluding hydrogens is 404 g/mol. The normalized spacial score (nSPS) is 19.6. The topological polar surface area (TPSA) is 50.1 Å². The molecule has 5 rings (SSSR count). The summed E-state index contributed by atoms with van der Waals surface area (Å²) in [5, 5.41) is 15.4. The quantitative estimate of drug-likeness (QED) is 0.577. The lowest BCUT2D eigenvalue weighted by molar-refractivity contribution is 0.196. The molecule has 6 nitrogen and oxygen atoms in total. The van der Waals surface area contributed by atoms with Crippen LogP contribution < -0.4 is 4.90 Å². The van der Waals surface area contributed by atoms with Crippen molar-refractivity contribution in [1.29, 1.82) is 0 Å². The van der Waals surface area contributed by atoms with Crippen molar-refractivity contribution in [2.45, 2.75) is 58.0 Å². The summed E-state index contributed by atoms with van der Waals surface area (Å²) in [7, 11) is 0. The number of aryl methyl sites for hydroxylation is 2. The number of aromatic nitrogens is 4. The van der Waals surface area contributed by atoms with Crippen LogP contribution in [-0.4, -0.2) is 51.3 Å². The van der Waals surface area contributed by atoms with Gasteiger partial charge < -0.3 is 4.90 Å². The second kappa shape index (κ2) is 9.09. The Labute approximate surface area is 188 Å². The molecule has 3 aromatic rings. The van der Waals surface area contributed by atoms with Gasteiger partial charge in [-0.1, -0.05) is 37.5 Å². The van der Waals surface area contributed by atoms with Crippen molar-refractivity contribution in [3.05, 3.63) is 57.5 Å². The SMILES string of the molecule is Cc1ccc(C)c(N2CCN(C(c3cccs3)c3nnnn3C3CCCCC3)CC2)c1. The molecule has 7 heteroatoms. The number of anilines is 1. The van der Waals surface area contributed by atoms with E-state index in [2.05, 4.69) is 79.6 Å². The highest BCUT2D eigenvalue weighted by Crippen LogP contribution is 2.35. The molecule has 1 atom stereocenters. The van der Waals surface area contributed by atoms with Gasteiger partial charge in [-0.3, -0.25) is 4.90 Å². The number of thiophene rings is 1. The van der Waals surface area contributed by atoms with Crippen molar-refractivity contribution >= 4 is 17.0 Å². The van der Waals surface area contributed by atoms with E-state index in [1.807, 2.05) is 11.3 Å². The van der Waals surface area contributed by atoms with Crippen molar-refractivity contribution < 1.29 is 0 Å². The molecule has 0 spiro atoms. The lowest BCUT2D eigenvalue weighted by atomic mass is 9.95. The fourth-order valence-electron chi connectivity index (χ4n) is 5.16. The Hall–Kier alpha value is -2.25. The Kier molecular flexibility index (Phi) is 6.05. The zero-order chi connectivity index (χ0) is 21.2. The first kappa shape index (κ1) is 20.6. The maximum absolute atomic E-state index is 4.58. The molecule has 3 heterocycles. The van der Waals surface area contributed by atoms with Gasteiger partial charge in [0.05, 0.1) is 6.04 Å². The number of tetrazole rings is 1. The van der Waals surface area contributed by atoms with Crippen molar-refractivity contribution in [1.82, 2.24) is 25.1 Å². The summed E-state index contributed by atoms with van der Waals surface area (Å²) < 4.78 is 2.15. The molecule has 0 N–H and O–H groups in total. The third-order valence-corrected chi connectivity index (χ3v) is 7.81. The largest absolute Gasteiger partial charge is 0.369 e. The number of piperazine rings is 1. The van der Waals surface area contributed by atoms with Gasteiger partial charge in [0.1, 0.15) is 6.04 Å². The minimum Gasteiger partial charge on any atom is -0.369 e. The first-order valence-electron chi connectivity index (χ1n) is 11.6. The lowest BCUT2D eigenvalue weighted by Crippen LogP contribution is -2.48. The Morgan fingerprint density at radius 3 is 2.55 bits per heavy atom. The van der Waals surface area contributed by atoms with Crippen molar-refractivity contribution in [2.24, 2.45) is 0 Å². The van der Waals surface area contributed by atoms with Crippen LogP contribution in [0.15, 0.2) is 35.7 Å². The van der Waals surface area contributed by atoms with E-state index in [1.165, 1.54) is 53.8 Å². The Balaban J connectivity index is 1.39. The van der Waals surface area contributed by atoms with Crippen LogP contribution in [0.5, 0.6) is 0 Å². The standard InChI is InChI=1S/C24H32N6S/c1-18-10-11-19(2)21(17-18)28-12-14-29(15-13-28)23(22-9-6-16-31-22)24-25-26-27-30(24)20-7-4-3-5-8-20/h6,9-11,16-17,20,23H,3-5,7-8,12-15H2,1-2H3. The second-order valence-electron chi connectivity index (χ2n) is 9.00. The van der Waals surface area contributed by atoms with Gasteiger partial charge in [-0.15, -0.1) is 16.4 Å². The number of nitrogens with zero attached hydrogens (tertiary/aromatic N) is 6. The van der Waals surface area contributed by atoms with E-state index in [0.29, 0.717) is 6.04 Å². The predicted molar refractivity (Wildman–Crippen MR) is 126 cm³/mol. The molecule has 164 valence electrons. The van der Waals surface area contributed by atoms with E-state index >= 15 is 0 Å². The van der Waals surface area contributed by atoms with Crippen molar-refractivity contribution in [3.8, 4) is 0 Å². The van der Waals surface area contributed by atoms with E-state index in [0.717, 1.165) is 32.0 Å². The predicted octanol–water partition coefficient (Wildman–Crippen LogP) is 4.77. The van der Waals surface area contributed by atoms with Gasteiger partial charge in [-0.2, -0.15) is 0 Å². The third-order valence-electron chi connectivity index (χ3n) is 6.88. The van der Waals surface area contributed by atoms with Gasteiger partial charge in [0.15, 0.2) is 5.82 Å². The van der Waals surface area contributed by atoms with E-state index in [9.17, 15) is 0 Å². The van der Waals surface area contributed by atoms with Crippen LogP contribution in [0, 0.1) is 13.8 Å². The fraction of sp³-hybridized carbons (Fsp3) is 0.542. The molecule has 1 aliphatic heterocycles. The lowest BCUT2D eigenvalue weighted by Gasteiger charge is -2.40. The Morgan fingerprint density at radius 1 is 1.00 bits per heavy atom. The van der Waals surface area contributed by atoms with Gasteiger partial charge >= 0.3 is 0 Å². The maximum Gasteiger partial charge on any atom is 0.174 e. The number of hydrogen-bond acceptors (Lipinski definition) is 6. The minimum absolute atomic E-state index is 0.137. The van der Waals surface area contributed by atoms with Crippen LogP contribution >= 0.6 is 11.3 Å². The Morgan fingerprint density at radius 2 is 1.81 bits per heavy atom. The van der Waals surface area contributed by atoms with Gasteiger partial charge in [-0.25, -0.2) is 4.68 Å². The van der Waals surface area contributed by atoms with Crippen LogP contribution in [0.2, 0.25) is 0 Å². The van der Waals surface area contributed by atoms with E-state index in [4.69, 9.17) is 0 Å². The van der Waals surface area contributed by atoms with Crippen LogP contribution in [0.1, 0.15) is 66.0 Å². The third kappa shape index (κ3) is 4.26. The molecule has 2 aliphatic rings.